The molecule has 0 aromatic carbocycles. The summed E-state index contributed by atoms with van der Waals surface area (Å²) in [5.74, 6) is -1.20. The summed E-state index contributed by atoms with van der Waals surface area (Å²) in [6.45, 7) is 0. The summed E-state index contributed by atoms with van der Waals surface area (Å²) in [6, 6.07) is 0.229. The van der Waals surface area contributed by atoms with Crippen LogP contribution >= 0.6 is 11.3 Å². The maximum Gasteiger partial charge on any atom is 0.303 e. The summed E-state index contributed by atoms with van der Waals surface area (Å²) in [5, 5.41) is 15.3. The van der Waals surface area contributed by atoms with E-state index in [1.807, 2.05) is 0 Å². The molecule has 1 aromatic heterocycles. The van der Waals surface area contributed by atoms with E-state index >= 15 is 0 Å². The molecule has 0 unspecified atom stereocenters. The molecule has 2 aliphatic carbocycles. The summed E-state index contributed by atoms with van der Waals surface area (Å²) in [5.41, 5.74) is 1.73. The molecule has 6 nitrogen and oxygen atoms in total. The predicted molar refractivity (Wildman–Crippen MR) is 101 cm³/mol. The van der Waals surface area contributed by atoms with Crippen LogP contribution in [-0.4, -0.2) is 28.9 Å². The largest absolute Gasteiger partial charge is 0.481 e. The molecule has 0 aliphatic heterocycles. The zero-order valence-electron chi connectivity index (χ0n) is 14.9. The van der Waals surface area contributed by atoms with E-state index in [-0.39, 0.29) is 30.7 Å². The molecule has 1 fully saturated rings. The lowest BCUT2D eigenvalue weighted by molar-refractivity contribution is -0.137. The van der Waals surface area contributed by atoms with Crippen LogP contribution < -0.4 is 10.6 Å². The number of rotatable bonds is 7. The summed E-state index contributed by atoms with van der Waals surface area (Å²) < 4.78 is 0. The van der Waals surface area contributed by atoms with Crippen LogP contribution in [0.1, 0.15) is 78.6 Å². The molecular weight excluding hydrogens is 352 g/mol. The van der Waals surface area contributed by atoms with Crippen molar-refractivity contribution in [2.24, 2.45) is 0 Å². The first-order chi connectivity index (χ1) is 12.5. The zero-order valence-corrected chi connectivity index (χ0v) is 15.8. The standard InChI is InChI=1S/C19H26N2O4S/c22-15(10-5-11-16(23)24)21-19-17(13-8-4-9-14(13)26-19)18(25)20-12-6-2-1-3-7-12/h12H,1-11H2,(H,20,25)(H,21,22)(H,23,24). The molecule has 3 rings (SSSR count). The molecule has 2 amide bonds. The second-order valence-electron chi connectivity index (χ2n) is 7.17. The van der Waals surface area contributed by atoms with E-state index in [4.69, 9.17) is 5.11 Å². The summed E-state index contributed by atoms with van der Waals surface area (Å²) >= 11 is 1.50. The number of carbonyl (C=O) groups is 3. The van der Waals surface area contributed by atoms with Crippen LogP contribution in [0, 0.1) is 0 Å². The smallest absolute Gasteiger partial charge is 0.303 e. The molecular formula is C19H26N2O4S. The van der Waals surface area contributed by atoms with Gasteiger partial charge in [-0.05, 0) is 44.1 Å². The van der Waals surface area contributed by atoms with Gasteiger partial charge in [-0.25, -0.2) is 0 Å². The third kappa shape index (κ3) is 4.63. The SMILES string of the molecule is O=C(O)CCCC(=O)Nc1sc2c(c1C(=O)NC1CCCCC1)CCC2. The third-order valence-electron chi connectivity index (χ3n) is 5.14. The van der Waals surface area contributed by atoms with Crippen LogP contribution in [0.15, 0.2) is 0 Å². The second-order valence-corrected chi connectivity index (χ2v) is 8.27. The average Bonchev–Trinajstić information content (AvgIpc) is 3.15. The van der Waals surface area contributed by atoms with E-state index in [9.17, 15) is 14.4 Å². The van der Waals surface area contributed by atoms with Gasteiger partial charge in [0.25, 0.3) is 5.91 Å². The Hall–Kier alpha value is -1.89. The van der Waals surface area contributed by atoms with Gasteiger partial charge in [0.2, 0.25) is 5.91 Å². The fourth-order valence-electron chi connectivity index (χ4n) is 3.83. The fraction of sp³-hybridized carbons (Fsp3) is 0.632. The molecule has 0 bridgehead atoms. The maximum absolute atomic E-state index is 12.9. The van der Waals surface area contributed by atoms with Gasteiger partial charge in [0.1, 0.15) is 5.00 Å². The Morgan fingerprint density at radius 3 is 2.54 bits per heavy atom. The monoisotopic (exact) mass is 378 g/mol. The predicted octanol–water partition coefficient (Wildman–Crippen LogP) is 3.49. The quantitative estimate of drug-likeness (QED) is 0.677. The van der Waals surface area contributed by atoms with Crippen LogP contribution in [0.2, 0.25) is 0 Å². The van der Waals surface area contributed by atoms with Crippen LogP contribution in [0.4, 0.5) is 5.00 Å². The molecule has 26 heavy (non-hydrogen) atoms. The number of fused-ring (bicyclic) bond motifs is 1. The number of nitrogens with one attached hydrogen (secondary N) is 2. The number of amides is 2. The Bertz CT molecular complexity index is 692. The van der Waals surface area contributed by atoms with Gasteiger partial charge in [-0.3, -0.25) is 14.4 Å². The number of carboxylic acid groups (broad SMARTS) is 1. The normalized spacial score (nSPS) is 16.9. The van der Waals surface area contributed by atoms with E-state index in [1.165, 1.54) is 22.6 Å². The van der Waals surface area contributed by atoms with Crippen LogP contribution in [0.25, 0.3) is 0 Å². The number of aryl methyl sites for hydroxylation is 1. The van der Waals surface area contributed by atoms with Crippen molar-refractivity contribution in [1.29, 1.82) is 0 Å². The van der Waals surface area contributed by atoms with Crippen molar-refractivity contribution in [1.82, 2.24) is 5.32 Å². The highest BCUT2D eigenvalue weighted by molar-refractivity contribution is 7.17. The van der Waals surface area contributed by atoms with Gasteiger partial charge in [-0.2, -0.15) is 0 Å². The first kappa shape index (κ1) is 18.9. The Morgan fingerprint density at radius 1 is 1.04 bits per heavy atom. The highest BCUT2D eigenvalue weighted by Crippen LogP contribution is 2.39. The lowest BCUT2D eigenvalue weighted by Gasteiger charge is -2.23. The van der Waals surface area contributed by atoms with Gasteiger partial charge in [-0.15, -0.1) is 11.3 Å². The van der Waals surface area contributed by atoms with Crippen molar-refractivity contribution in [3.8, 4) is 0 Å². The molecule has 0 radical (unpaired) electrons. The van der Waals surface area contributed by atoms with Gasteiger partial charge in [0, 0.05) is 23.8 Å². The van der Waals surface area contributed by atoms with Gasteiger partial charge in [-0.1, -0.05) is 19.3 Å². The van der Waals surface area contributed by atoms with E-state index in [1.54, 1.807) is 0 Å². The molecule has 7 heteroatoms. The third-order valence-corrected chi connectivity index (χ3v) is 6.34. The second kappa shape index (κ2) is 8.66. The van der Waals surface area contributed by atoms with E-state index < -0.39 is 5.97 Å². The summed E-state index contributed by atoms with van der Waals surface area (Å²) in [7, 11) is 0. The molecule has 0 saturated heterocycles. The maximum atomic E-state index is 12.9. The minimum absolute atomic E-state index is 0.0244. The summed E-state index contributed by atoms with van der Waals surface area (Å²) in [4.78, 5) is 36.8. The van der Waals surface area contributed by atoms with Crippen LogP contribution in [0.5, 0.6) is 0 Å². The molecule has 1 aromatic rings. The number of thiophene rings is 1. The number of hydrogen-bond donors (Lipinski definition) is 3. The van der Waals surface area contributed by atoms with Gasteiger partial charge >= 0.3 is 5.97 Å². The van der Waals surface area contributed by atoms with Crippen molar-refractivity contribution < 1.29 is 19.5 Å². The number of carbonyl (C=O) groups excluding carboxylic acids is 2. The number of carboxylic acids is 1. The lowest BCUT2D eigenvalue weighted by Crippen LogP contribution is -2.36. The van der Waals surface area contributed by atoms with Crippen molar-refractivity contribution in [3.05, 3.63) is 16.0 Å². The molecule has 142 valence electrons. The minimum Gasteiger partial charge on any atom is -0.481 e. The molecule has 1 heterocycles. The lowest BCUT2D eigenvalue weighted by atomic mass is 9.95. The zero-order chi connectivity index (χ0) is 18.5. The number of hydrogen-bond acceptors (Lipinski definition) is 4. The molecule has 0 atom stereocenters. The number of anilines is 1. The van der Waals surface area contributed by atoms with E-state index in [0.29, 0.717) is 17.0 Å². The molecule has 3 N–H and O–H groups in total. The fourth-order valence-corrected chi connectivity index (χ4v) is 5.13. The highest BCUT2D eigenvalue weighted by Gasteiger charge is 2.28. The highest BCUT2D eigenvalue weighted by atomic mass is 32.1. The van der Waals surface area contributed by atoms with E-state index in [2.05, 4.69) is 10.6 Å². The number of aliphatic carboxylic acids is 1. The molecule has 2 aliphatic rings. The van der Waals surface area contributed by atoms with Crippen molar-refractivity contribution in [2.75, 3.05) is 5.32 Å². The Balaban J connectivity index is 1.68. The Morgan fingerprint density at radius 2 is 1.81 bits per heavy atom. The first-order valence-corrected chi connectivity index (χ1v) is 10.3. The molecule has 1 saturated carbocycles. The minimum atomic E-state index is -0.902. The van der Waals surface area contributed by atoms with Crippen LogP contribution in [-0.2, 0) is 22.4 Å². The average molecular weight is 378 g/mol. The molecule has 0 spiro atoms. The van der Waals surface area contributed by atoms with Gasteiger partial charge < -0.3 is 15.7 Å². The Kier molecular flexibility index (Phi) is 6.29. The Labute approximate surface area is 157 Å². The first-order valence-electron chi connectivity index (χ1n) is 9.51. The van der Waals surface area contributed by atoms with Crippen molar-refractivity contribution in [3.63, 3.8) is 0 Å². The van der Waals surface area contributed by atoms with Crippen molar-refractivity contribution >= 4 is 34.1 Å². The van der Waals surface area contributed by atoms with Crippen molar-refractivity contribution in [2.45, 2.75) is 76.7 Å². The summed E-state index contributed by atoms with van der Waals surface area (Å²) in [6.07, 6.45) is 8.91. The van der Waals surface area contributed by atoms with Gasteiger partial charge in [0.15, 0.2) is 0 Å². The van der Waals surface area contributed by atoms with Crippen LogP contribution in [0.3, 0.4) is 0 Å². The van der Waals surface area contributed by atoms with E-state index in [0.717, 1.165) is 50.5 Å². The topological polar surface area (TPSA) is 95.5 Å². The van der Waals surface area contributed by atoms with Gasteiger partial charge in [0.05, 0.1) is 5.56 Å².